The molecule has 87 heavy (non-hydrogen) atoms. The fourth-order valence-electron chi connectivity index (χ4n) is 11.0. The molecule has 0 spiro atoms. The van der Waals surface area contributed by atoms with Crippen LogP contribution in [-0.4, -0.2) is 215 Å². The summed E-state index contributed by atoms with van der Waals surface area (Å²) in [5.74, 6) is -6.59. The van der Waals surface area contributed by atoms with Gasteiger partial charge in [-0.2, -0.15) is 0 Å². The lowest BCUT2D eigenvalue weighted by Gasteiger charge is -2.39. The minimum absolute atomic E-state index is 0.0171. The van der Waals surface area contributed by atoms with Crippen LogP contribution in [0.4, 0.5) is 4.79 Å². The first-order valence-corrected chi connectivity index (χ1v) is 31.0. The van der Waals surface area contributed by atoms with Crippen molar-refractivity contribution in [1.29, 1.82) is 0 Å². The van der Waals surface area contributed by atoms with E-state index in [4.69, 9.17) is 4.74 Å². The number of aliphatic hydroxyl groups excluding tert-OH is 1. The van der Waals surface area contributed by atoms with E-state index in [1.807, 2.05) is 65.0 Å². The van der Waals surface area contributed by atoms with Gasteiger partial charge >= 0.3 is 6.03 Å². The number of nitrogens with one attached hydrogen (secondary N) is 3. The smallest absolute Gasteiger partial charge is 0.326 e. The SMILES string of the molecule is CC[C@H](C)[C@H]1C(=O)N[C@@H](COC(C)(C)C)C(=O)N[C@H](C(=O)N2CCCCC2)c2ccc(cc2)CCCC(=O)N(C)[C@@H](Cc2ccccc2)C(=O)N(C)C(=O)N(C)[C@@H](CC(C)C)C(=O)N[C@@H]([C@@H](C)O)C(=O)N(C)[C@@H](C)C(=O)N(C)[C@@H](CC(C)C)C(=O)N1C. The van der Waals surface area contributed by atoms with Gasteiger partial charge in [-0.25, -0.2) is 4.79 Å². The van der Waals surface area contributed by atoms with Crippen LogP contribution in [0.3, 0.4) is 0 Å². The lowest BCUT2D eigenvalue weighted by Crippen LogP contribution is -2.62. The molecule has 3 heterocycles. The molecule has 10 atom stereocenters. The zero-order chi connectivity index (χ0) is 65.4. The Labute approximate surface area is 516 Å². The predicted molar refractivity (Wildman–Crippen MR) is 332 cm³/mol. The van der Waals surface area contributed by atoms with Gasteiger partial charge in [0.25, 0.3) is 5.91 Å². The lowest BCUT2D eigenvalue weighted by atomic mass is 9.94. The van der Waals surface area contributed by atoms with E-state index in [-0.39, 0.29) is 55.9 Å². The largest absolute Gasteiger partial charge is 0.391 e. The second kappa shape index (κ2) is 32.9. The number of nitrogens with zero attached hydrogens (tertiary/aromatic N) is 7. The molecule has 22 nitrogen and oxygen atoms in total. The van der Waals surface area contributed by atoms with E-state index < -0.39 is 113 Å². The van der Waals surface area contributed by atoms with Crippen molar-refractivity contribution in [2.24, 2.45) is 17.8 Å². The number of likely N-dealkylation sites (N-methyl/N-ethyl adjacent to an activating group) is 6. The quantitative estimate of drug-likeness (QED) is 0.206. The number of ether oxygens (including phenoxy) is 1. The Hall–Kier alpha value is -6.94. The molecule has 3 aliphatic heterocycles. The molecular formula is C65H102N10O12. The van der Waals surface area contributed by atoms with Crippen molar-refractivity contribution >= 4 is 59.2 Å². The number of amides is 11. The van der Waals surface area contributed by atoms with E-state index in [1.165, 1.54) is 70.8 Å². The maximum atomic E-state index is 15.1. The van der Waals surface area contributed by atoms with E-state index in [9.17, 15) is 48.3 Å². The summed E-state index contributed by atoms with van der Waals surface area (Å²) in [6, 6.07) is 5.09. The van der Waals surface area contributed by atoms with Crippen molar-refractivity contribution in [2.45, 2.75) is 200 Å². The van der Waals surface area contributed by atoms with Crippen LogP contribution in [0.5, 0.6) is 0 Å². The highest BCUT2D eigenvalue weighted by Gasteiger charge is 2.43. The van der Waals surface area contributed by atoms with E-state index in [2.05, 4.69) is 16.0 Å². The molecule has 0 radical (unpaired) electrons. The number of hydrogen-bond donors (Lipinski definition) is 4. The fourth-order valence-corrected chi connectivity index (χ4v) is 11.0. The Bertz CT molecular complexity index is 2680. The molecule has 0 aromatic heterocycles. The monoisotopic (exact) mass is 1210 g/mol. The van der Waals surface area contributed by atoms with Crippen molar-refractivity contribution in [3.8, 4) is 0 Å². The number of carbonyl (C=O) groups excluding carboxylic acids is 10. The molecule has 4 N–H and O–H groups in total. The van der Waals surface area contributed by atoms with E-state index >= 15 is 4.79 Å². The summed E-state index contributed by atoms with van der Waals surface area (Å²) in [6.07, 6.45) is 2.48. The number of rotatable bonds is 12. The van der Waals surface area contributed by atoms with Crippen molar-refractivity contribution in [3.63, 3.8) is 0 Å². The molecule has 484 valence electrons. The number of urea groups is 1. The lowest BCUT2D eigenvalue weighted by molar-refractivity contribution is -0.153. The molecule has 5 rings (SSSR count). The van der Waals surface area contributed by atoms with Crippen molar-refractivity contribution in [2.75, 3.05) is 62.0 Å². The van der Waals surface area contributed by atoms with Gasteiger partial charge < -0.3 is 55.2 Å². The second-order valence-electron chi connectivity index (χ2n) is 25.8. The van der Waals surface area contributed by atoms with Crippen LogP contribution in [-0.2, 0) is 60.7 Å². The summed E-state index contributed by atoms with van der Waals surface area (Å²) in [4.78, 5) is 155. The van der Waals surface area contributed by atoms with E-state index in [0.29, 0.717) is 37.9 Å². The third-order valence-corrected chi connectivity index (χ3v) is 16.8. The molecule has 22 heteroatoms. The summed E-state index contributed by atoms with van der Waals surface area (Å²) in [5.41, 5.74) is 1.26. The van der Waals surface area contributed by atoms with Gasteiger partial charge in [0.2, 0.25) is 47.3 Å². The van der Waals surface area contributed by atoms with Gasteiger partial charge in [-0.3, -0.25) is 48.1 Å². The first-order valence-electron chi connectivity index (χ1n) is 31.0. The van der Waals surface area contributed by atoms with Crippen molar-refractivity contribution in [3.05, 3.63) is 71.3 Å². The summed E-state index contributed by atoms with van der Waals surface area (Å²) < 4.78 is 6.16. The van der Waals surface area contributed by atoms with Crippen LogP contribution in [0.25, 0.3) is 0 Å². The molecule has 1 fully saturated rings. The summed E-state index contributed by atoms with van der Waals surface area (Å²) in [7, 11) is 8.37. The van der Waals surface area contributed by atoms with Crippen LogP contribution >= 0.6 is 0 Å². The number of benzene rings is 2. The van der Waals surface area contributed by atoms with Gasteiger partial charge in [0.05, 0.1) is 18.3 Å². The molecule has 3 aliphatic rings. The zero-order valence-electron chi connectivity index (χ0n) is 54.9. The number of likely N-dealkylation sites (tertiary alicyclic amines) is 1. The highest BCUT2D eigenvalue weighted by molar-refractivity contribution is 6.01. The molecular weight excluding hydrogens is 1110 g/mol. The summed E-state index contributed by atoms with van der Waals surface area (Å²) >= 11 is 0. The number of fused-ring (bicyclic) bond motifs is 30. The van der Waals surface area contributed by atoms with Gasteiger partial charge in [0.15, 0.2) is 0 Å². The zero-order valence-corrected chi connectivity index (χ0v) is 54.9. The summed E-state index contributed by atoms with van der Waals surface area (Å²) in [5, 5.41) is 19.6. The molecule has 1 saturated heterocycles. The third-order valence-electron chi connectivity index (χ3n) is 16.8. The summed E-state index contributed by atoms with van der Waals surface area (Å²) in [6.45, 7) is 19.9. The number of aliphatic hydroxyl groups is 1. The number of imide groups is 1. The van der Waals surface area contributed by atoms with Gasteiger partial charge in [-0.05, 0) is 114 Å². The van der Waals surface area contributed by atoms with Gasteiger partial charge in [-0.1, -0.05) is 103 Å². The first-order chi connectivity index (χ1) is 40.7. The van der Waals surface area contributed by atoms with Crippen LogP contribution in [0.15, 0.2) is 54.6 Å². The Morgan fingerprint density at radius 3 is 1.76 bits per heavy atom. The van der Waals surface area contributed by atoms with Crippen LogP contribution < -0.4 is 16.0 Å². The molecule has 2 aromatic carbocycles. The average molecular weight is 1220 g/mol. The van der Waals surface area contributed by atoms with Crippen LogP contribution in [0.2, 0.25) is 0 Å². The van der Waals surface area contributed by atoms with Crippen molar-refractivity contribution < 1.29 is 57.8 Å². The fraction of sp³-hybridized carbons (Fsp3) is 0.662. The Balaban J connectivity index is 1.88. The highest BCUT2D eigenvalue weighted by Crippen LogP contribution is 2.25. The number of piperidine rings is 1. The molecule has 0 saturated carbocycles. The Morgan fingerprint density at radius 1 is 0.621 bits per heavy atom. The molecule has 0 aliphatic carbocycles. The van der Waals surface area contributed by atoms with Gasteiger partial charge in [0, 0.05) is 68.2 Å². The average Bonchev–Trinajstić information content (AvgIpc) is 1.69. The first kappa shape index (κ1) is 72.5. The molecule has 2 aromatic rings. The maximum absolute atomic E-state index is 15.1. The standard InChI is InChI=1S/C65H102N10O12/c1-18-42(6)55-58(80)66-48(39-87-65(9,10)11)56(78)68-54(63(85)75-34-23-20-24-35-75)47-32-30-45(31-33-47)28-25-29-52(77)70(13)51(38-46-26-21-19-22-27-46)61(83)74(17)64(86)72(15)49(36-40(2)3)57(79)67-53(44(8)76)62(84)69(12)43(7)59(81)71(14)50(37-41(4)5)60(82)73(55)16/h19,21-22,26-27,30-33,40-44,48-51,53-55,76H,18,20,23-25,28-29,34-39H2,1-17H3,(H,66,80)(H,67,79)(H,68,78)/t42-,43-,44+,48-,49-,50-,51-,53-,54-,55-/m0/s1. The second-order valence-corrected chi connectivity index (χ2v) is 25.8. The number of aryl methyl sites for hydroxylation is 1. The van der Waals surface area contributed by atoms with Gasteiger partial charge in [0.1, 0.15) is 48.3 Å². The minimum Gasteiger partial charge on any atom is -0.391 e. The third kappa shape index (κ3) is 20.0. The van der Waals surface area contributed by atoms with Crippen LogP contribution in [0, 0.1) is 17.8 Å². The molecule has 11 amide bonds. The van der Waals surface area contributed by atoms with Crippen LogP contribution in [0.1, 0.15) is 150 Å². The Kier molecular flexibility index (Phi) is 27.4. The molecule has 0 unspecified atom stereocenters. The van der Waals surface area contributed by atoms with Gasteiger partial charge in [-0.15, -0.1) is 0 Å². The highest BCUT2D eigenvalue weighted by atomic mass is 16.5. The van der Waals surface area contributed by atoms with Crippen molar-refractivity contribution in [1.82, 2.24) is 50.2 Å². The minimum atomic E-state index is -1.64. The maximum Gasteiger partial charge on any atom is 0.326 e. The molecule has 2 bridgehead atoms. The number of carbonyl (C=O) groups is 10. The predicted octanol–water partition coefficient (Wildman–Crippen LogP) is 4.95. The Morgan fingerprint density at radius 2 is 1.21 bits per heavy atom. The normalized spacial score (nSPS) is 25.1. The van der Waals surface area contributed by atoms with E-state index in [0.717, 1.165) is 45.1 Å². The topological polar surface area (TPSA) is 259 Å². The van der Waals surface area contributed by atoms with E-state index in [1.54, 1.807) is 56.9 Å². The number of hydrogen-bond acceptors (Lipinski definition) is 12.